The molecule has 0 aliphatic carbocycles. The van der Waals surface area contributed by atoms with Crippen molar-refractivity contribution in [2.75, 3.05) is 20.8 Å². The summed E-state index contributed by atoms with van der Waals surface area (Å²) in [5.41, 5.74) is -3.74. The number of cyclic esters (lactones) is 1. The molecule has 4 heterocycles. The van der Waals surface area contributed by atoms with Crippen LogP contribution in [0.4, 0.5) is 0 Å². The van der Waals surface area contributed by atoms with Crippen LogP contribution in [0.5, 0.6) is 0 Å². The van der Waals surface area contributed by atoms with Gasteiger partial charge in [-0.1, -0.05) is 19.9 Å². The van der Waals surface area contributed by atoms with Crippen molar-refractivity contribution in [3.63, 3.8) is 0 Å². The average molecular weight is 731 g/mol. The highest BCUT2D eigenvalue weighted by atomic mass is 16.7. The fourth-order valence-electron chi connectivity index (χ4n) is 7.46. The topological polar surface area (TPSA) is 212 Å². The first kappa shape index (κ1) is 41.9. The zero-order chi connectivity index (χ0) is 38.0. The first-order valence-corrected chi connectivity index (χ1v) is 17.7. The number of carbonyl (C=O) groups excluding carboxylic acids is 2. The Morgan fingerprint density at radius 3 is 2.18 bits per heavy atom. The van der Waals surface area contributed by atoms with Gasteiger partial charge in [0.25, 0.3) is 0 Å². The molecule has 0 radical (unpaired) electrons. The first-order valence-electron chi connectivity index (χ1n) is 17.7. The van der Waals surface area contributed by atoms with Crippen molar-refractivity contribution in [1.29, 1.82) is 0 Å². The summed E-state index contributed by atoms with van der Waals surface area (Å²) in [6, 6.07) is 0. The molecule has 0 aromatic carbocycles. The van der Waals surface area contributed by atoms with E-state index >= 15 is 0 Å². The molecule has 0 aromatic heterocycles. The van der Waals surface area contributed by atoms with E-state index in [2.05, 4.69) is 0 Å². The maximum atomic E-state index is 13.3. The summed E-state index contributed by atoms with van der Waals surface area (Å²) < 4.78 is 46.9. The number of hydrogen-bond donors (Lipinski definition) is 5. The number of aliphatic hydroxyl groups is 5. The van der Waals surface area contributed by atoms with Gasteiger partial charge in [-0.3, -0.25) is 4.79 Å². The van der Waals surface area contributed by atoms with Crippen molar-refractivity contribution in [3.05, 3.63) is 24.3 Å². The van der Waals surface area contributed by atoms with Gasteiger partial charge in [-0.15, -0.1) is 0 Å². The maximum absolute atomic E-state index is 13.3. The highest BCUT2D eigenvalue weighted by Gasteiger charge is 2.53. The monoisotopic (exact) mass is 730 g/mol. The zero-order valence-electron chi connectivity index (χ0n) is 31.0. The van der Waals surface area contributed by atoms with E-state index in [9.17, 15) is 35.1 Å². The van der Waals surface area contributed by atoms with Crippen molar-refractivity contribution < 1.29 is 73.0 Å². The lowest BCUT2D eigenvalue weighted by Gasteiger charge is -2.47. The molecule has 292 valence electrons. The summed E-state index contributed by atoms with van der Waals surface area (Å²) in [5.74, 6) is -2.84. The summed E-state index contributed by atoms with van der Waals surface area (Å²) in [6.07, 6.45) is -5.88. The summed E-state index contributed by atoms with van der Waals surface area (Å²) in [4.78, 5) is 26.5. The van der Waals surface area contributed by atoms with E-state index in [0.717, 1.165) is 0 Å². The molecular formula is C36H58O15. The molecule has 0 aromatic rings. The van der Waals surface area contributed by atoms with Crippen LogP contribution >= 0.6 is 0 Å². The molecule has 4 rings (SSSR count). The van der Waals surface area contributed by atoms with Crippen LogP contribution in [0, 0.1) is 17.8 Å². The summed E-state index contributed by atoms with van der Waals surface area (Å²) in [5, 5.41) is 54.4. The first-order chi connectivity index (χ1) is 23.8. The smallest absolute Gasteiger partial charge is 0.330 e. The molecule has 0 unspecified atom stereocenters. The van der Waals surface area contributed by atoms with Crippen molar-refractivity contribution in [3.8, 4) is 0 Å². The third-order valence-electron chi connectivity index (χ3n) is 10.7. The van der Waals surface area contributed by atoms with Gasteiger partial charge in [0.15, 0.2) is 18.4 Å². The van der Waals surface area contributed by atoms with Crippen molar-refractivity contribution in [1.82, 2.24) is 0 Å². The van der Waals surface area contributed by atoms with Gasteiger partial charge in [-0.2, -0.15) is 0 Å². The number of methoxy groups -OCH3 is 2. The van der Waals surface area contributed by atoms with Crippen LogP contribution in [-0.4, -0.2) is 149 Å². The standard InChI is InChI=1S/C36H58O15/c1-17-10-13-26(39)48-20(4)23(16-46-33-31(45-9)30(44-8)27(40)21(5)49-33)29-24(50-29)11-12-25(38)35(7,42)14-18(2)28(17)51-34-32(41)36(43,22(6)37)15-19(3)47-34/h10-13,17-24,27-34,37,40-43H,14-16H2,1-9H3/b12-11+,13-10+/t17-,18-,19+,20+,21+,22-,23+,24-,27+,28+,29-,30+,31+,32-,33+,34+,35-,36-/m0/s1. The molecule has 0 saturated carbocycles. The Balaban J connectivity index is 1.57. The number of fused-ring (bicyclic) bond motifs is 1. The molecule has 0 spiro atoms. The van der Waals surface area contributed by atoms with Crippen LogP contribution in [0.15, 0.2) is 24.3 Å². The Kier molecular flexibility index (Phi) is 14.0. The second-order valence-electron chi connectivity index (χ2n) is 14.9. The van der Waals surface area contributed by atoms with E-state index in [1.54, 1.807) is 46.8 Å². The Bertz CT molecular complexity index is 1240. The fraction of sp³-hybridized carbons (Fsp3) is 0.833. The van der Waals surface area contributed by atoms with E-state index in [1.807, 2.05) is 0 Å². The van der Waals surface area contributed by atoms with Crippen LogP contribution in [0.25, 0.3) is 0 Å². The molecule has 5 N–H and O–H groups in total. The highest BCUT2D eigenvalue weighted by Crippen LogP contribution is 2.38. The van der Waals surface area contributed by atoms with Gasteiger partial charge in [0.05, 0.1) is 37.1 Å². The molecule has 0 bridgehead atoms. The van der Waals surface area contributed by atoms with E-state index < -0.39 is 120 Å². The molecule has 15 heteroatoms. The quantitative estimate of drug-likeness (QED) is 0.171. The second-order valence-corrected chi connectivity index (χ2v) is 14.9. The van der Waals surface area contributed by atoms with E-state index in [0.29, 0.717) is 0 Å². The number of ether oxygens (including phenoxy) is 8. The Hall–Kier alpha value is -1.86. The zero-order valence-corrected chi connectivity index (χ0v) is 31.0. The third kappa shape index (κ3) is 9.63. The summed E-state index contributed by atoms with van der Waals surface area (Å²) in [6.45, 7) is 11.4. The molecule has 0 amide bonds. The molecule has 3 saturated heterocycles. The highest BCUT2D eigenvalue weighted by molar-refractivity contribution is 5.96. The van der Waals surface area contributed by atoms with Gasteiger partial charge in [-0.25, -0.2) is 4.79 Å². The number of rotatable bonds is 8. The predicted molar refractivity (Wildman–Crippen MR) is 179 cm³/mol. The number of ketones is 1. The van der Waals surface area contributed by atoms with Gasteiger partial charge in [0.1, 0.15) is 47.8 Å². The van der Waals surface area contributed by atoms with Crippen molar-refractivity contribution in [2.45, 2.75) is 152 Å². The normalized spacial score (nSPS) is 49.0. The van der Waals surface area contributed by atoms with Crippen molar-refractivity contribution >= 4 is 11.8 Å². The molecule has 15 nitrogen and oxygen atoms in total. The second kappa shape index (κ2) is 17.1. The third-order valence-corrected chi connectivity index (χ3v) is 10.7. The number of aliphatic hydroxyl groups excluding tert-OH is 3. The maximum Gasteiger partial charge on any atom is 0.330 e. The Labute approximate surface area is 299 Å². The molecule has 3 fully saturated rings. The minimum atomic E-state index is -1.91. The molecule has 4 aliphatic heterocycles. The van der Waals surface area contributed by atoms with Crippen LogP contribution in [-0.2, 0) is 47.5 Å². The van der Waals surface area contributed by atoms with Gasteiger partial charge in [0.2, 0.25) is 0 Å². The van der Waals surface area contributed by atoms with Crippen LogP contribution in [0.2, 0.25) is 0 Å². The minimum Gasteiger partial charge on any atom is -0.459 e. The average Bonchev–Trinajstić information content (AvgIpc) is 3.82. The Morgan fingerprint density at radius 1 is 0.882 bits per heavy atom. The molecular weight excluding hydrogens is 672 g/mol. The minimum absolute atomic E-state index is 0.00657. The van der Waals surface area contributed by atoms with Gasteiger partial charge < -0.3 is 63.4 Å². The predicted octanol–water partition coefficient (Wildman–Crippen LogP) is 0.555. The van der Waals surface area contributed by atoms with E-state index in [-0.39, 0.29) is 19.4 Å². The van der Waals surface area contributed by atoms with Crippen LogP contribution in [0.3, 0.4) is 0 Å². The van der Waals surface area contributed by atoms with Crippen LogP contribution < -0.4 is 0 Å². The Morgan fingerprint density at radius 2 is 1.55 bits per heavy atom. The number of epoxide rings is 1. The van der Waals surface area contributed by atoms with Gasteiger partial charge in [0, 0.05) is 38.6 Å². The lowest BCUT2D eigenvalue weighted by atomic mass is 9.81. The number of esters is 1. The lowest BCUT2D eigenvalue weighted by molar-refractivity contribution is -0.322. The largest absolute Gasteiger partial charge is 0.459 e. The van der Waals surface area contributed by atoms with Gasteiger partial charge in [-0.05, 0) is 59.1 Å². The molecule has 51 heavy (non-hydrogen) atoms. The van der Waals surface area contributed by atoms with Gasteiger partial charge >= 0.3 is 5.97 Å². The van der Waals surface area contributed by atoms with E-state index in [1.165, 1.54) is 40.2 Å². The van der Waals surface area contributed by atoms with E-state index in [4.69, 9.17) is 37.9 Å². The SMILES string of the molecule is CO[C@@H]1[C@H](O)[C@@H](C)O[C@@H](OC[C@H]2[C@@H]3O[C@H]3/C=C/C(=O)[C@@](C)(O)C[C@H](C)[C@H](O[C@H]3O[C@H](C)C[C@](O)([C@H](C)O)[C@H]3O)[C@@H](C)/C=C/C(=O)O[C@@H]2C)[C@@H]1OC. The summed E-state index contributed by atoms with van der Waals surface area (Å²) >= 11 is 0. The van der Waals surface area contributed by atoms with Crippen LogP contribution in [0.1, 0.15) is 61.3 Å². The lowest BCUT2D eigenvalue weighted by Crippen LogP contribution is -2.63. The number of carbonyl (C=O) groups is 2. The number of hydrogen-bond acceptors (Lipinski definition) is 15. The fourth-order valence-corrected chi connectivity index (χ4v) is 7.46. The van der Waals surface area contributed by atoms with Crippen molar-refractivity contribution in [2.24, 2.45) is 17.8 Å². The molecule has 4 aliphatic rings. The summed E-state index contributed by atoms with van der Waals surface area (Å²) in [7, 11) is 2.91. The molecule has 18 atom stereocenters.